The summed E-state index contributed by atoms with van der Waals surface area (Å²) >= 11 is 0. The number of amides is 1. The minimum Gasteiger partial charge on any atom is -0.487 e. The Morgan fingerprint density at radius 1 is 1.23 bits per heavy atom. The standard InChI is InChI=1S/C24H25FN4O6/c1-24(6-7-24)35-23(30)29-9-14-11-32-12-15(10-29)19(14)34-22-20(31-3)21(27-13-28-22)33-18-5-4-16(26-2)8-17(18)25/h4-5,8,13-15,19H,6-7,9-12H2,1,3H3. The van der Waals surface area contributed by atoms with Gasteiger partial charge in [0.1, 0.15) is 18.0 Å². The van der Waals surface area contributed by atoms with Gasteiger partial charge in [0.25, 0.3) is 11.8 Å². The van der Waals surface area contributed by atoms with Crippen LogP contribution in [-0.4, -0.2) is 66.1 Å². The predicted octanol–water partition coefficient (Wildman–Crippen LogP) is 3.98. The first-order valence-electron chi connectivity index (χ1n) is 11.4. The highest BCUT2D eigenvalue weighted by molar-refractivity contribution is 5.68. The topological polar surface area (TPSA) is 96.6 Å². The molecule has 184 valence electrons. The second-order valence-electron chi connectivity index (χ2n) is 9.21. The van der Waals surface area contributed by atoms with Crippen LogP contribution in [0.5, 0.6) is 23.3 Å². The van der Waals surface area contributed by atoms with Crippen LogP contribution in [0, 0.1) is 24.2 Å². The Balaban J connectivity index is 1.33. The Kier molecular flexibility index (Phi) is 6.06. The first kappa shape index (κ1) is 23.1. The van der Waals surface area contributed by atoms with Crippen molar-refractivity contribution in [3.63, 3.8) is 0 Å². The van der Waals surface area contributed by atoms with Crippen LogP contribution in [0.2, 0.25) is 0 Å². The summed E-state index contributed by atoms with van der Waals surface area (Å²) in [6, 6.07) is 3.88. The lowest BCUT2D eigenvalue weighted by Crippen LogP contribution is -2.59. The summed E-state index contributed by atoms with van der Waals surface area (Å²) in [5.74, 6) is -0.751. The zero-order valence-corrected chi connectivity index (χ0v) is 19.4. The number of methoxy groups -OCH3 is 1. The molecule has 2 atom stereocenters. The number of nitrogens with zero attached hydrogens (tertiary/aromatic N) is 4. The number of halogens is 1. The van der Waals surface area contributed by atoms with Crippen LogP contribution < -0.4 is 14.2 Å². The molecule has 1 aromatic heterocycles. The first-order chi connectivity index (χ1) is 16.9. The minimum absolute atomic E-state index is 0.0212. The van der Waals surface area contributed by atoms with E-state index in [2.05, 4.69) is 14.8 Å². The van der Waals surface area contributed by atoms with Crippen LogP contribution in [0.3, 0.4) is 0 Å². The van der Waals surface area contributed by atoms with E-state index in [0.29, 0.717) is 26.3 Å². The first-order valence-corrected chi connectivity index (χ1v) is 11.4. The second kappa shape index (κ2) is 9.19. The molecule has 3 heterocycles. The maximum absolute atomic E-state index is 14.4. The third-order valence-corrected chi connectivity index (χ3v) is 6.49. The highest BCUT2D eigenvalue weighted by atomic mass is 19.1. The van der Waals surface area contributed by atoms with Crippen molar-refractivity contribution in [2.24, 2.45) is 11.8 Å². The number of fused-ring (bicyclic) bond motifs is 2. The van der Waals surface area contributed by atoms with Gasteiger partial charge in [0.2, 0.25) is 5.75 Å². The largest absolute Gasteiger partial charge is 0.487 e. The Labute approximate surface area is 201 Å². The van der Waals surface area contributed by atoms with Crippen LogP contribution in [-0.2, 0) is 9.47 Å². The lowest BCUT2D eigenvalue weighted by Gasteiger charge is -2.46. The van der Waals surface area contributed by atoms with E-state index in [1.54, 1.807) is 4.90 Å². The van der Waals surface area contributed by atoms with Gasteiger partial charge in [0.05, 0.1) is 26.9 Å². The third kappa shape index (κ3) is 4.79. The number of ether oxygens (including phenoxy) is 5. The van der Waals surface area contributed by atoms with Crippen LogP contribution in [0.15, 0.2) is 24.5 Å². The number of aromatic nitrogens is 2. The van der Waals surface area contributed by atoms with Crippen LogP contribution in [0.4, 0.5) is 14.9 Å². The van der Waals surface area contributed by atoms with Crippen molar-refractivity contribution in [1.82, 2.24) is 14.9 Å². The fraction of sp³-hybridized carbons (Fsp3) is 0.500. The molecule has 1 aromatic carbocycles. The summed E-state index contributed by atoms with van der Waals surface area (Å²) in [4.78, 5) is 25.9. The van der Waals surface area contributed by atoms with Crippen molar-refractivity contribution in [1.29, 1.82) is 0 Å². The lowest BCUT2D eigenvalue weighted by molar-refractivity contribution is -0.112. The number of likely N-dealkylation sites (tertiary alicyclic amines) is 1. The molecule has 0 radical (unpaired) electrons. The molecular weight excluding hydrogens is 459 g/mol. The molecule has 1 saturated carbocycles. The molecule has 2 saturated heterocycles. The maximum atomic E-state index is 14.4. The molecule has 2 aromatic rings. The molecule has 0 N–H and O–H groups in total. The summed E-state index contributed by atoms with van der Waals surface area (Å²) in [7, 11) is 1.41. The number of piperidine rings is 1. The highest BCUT2D eigenvalue weighted by Crippen LogP contribution is 2.42. The van der Waals surface area contributed by atoms with Gasteiger partial charge in [-0.15, -0.1) is 0 Å². The lowest BCUT2D eigenvalue weighted by atomic mass is 9.84. The normalized spacial score (nSPS) is 24.2. The quantitative estimate of drug-likeness (QED) is 0.568. The summed E-state index contributed by atoms with van der Waals surface area (Å²) in [6.45, 7) is 10.7. The van der Waals surface area contributed by atoms with Gasteiger partial charge in [-0.3, -0.25) is 0 Å². The molecule has 2 aliphatic heterocycles. The van der Waals surface area contributed by atoms with Gasteiger partial charge in [-0.05, 0) is 31.9 Å². The average molecular weight is 484 g/mol. The van der Waals surface area contributed by atoms with Gasteiger partial charge >= 0.3 is 6.09 Å². The van der Waals surface area contributed by atoms with Crippen molar-refractivity contribution < 1.29 is 32.9 Å². The van der Waals surface area contributed by atoms with Gasteiger partial charge in [-0.2, -0.15) is 9.97 Å². The fourth-order valence-corrected chi connectivity index (χ4v) is 4.34. The molecule has 1 amide bonds. The highest BCUT2D eigenvalue weighted by Gasteiger charge is 2.47. The molecule has 2 unspecified atom stereocenters. The molecule has 10 nitrogen and oxygen atoms in total. The molecule has 11 heteroatoms. The minimum atomic E-state index is -0.701. The van der Waals surface area contributed by atoms with E-state index in [0.717, 1.165) is 18.9 Å². The number of hydrogen-bond acceptors (Lipinski definition) is 8. The van der Waals surface area contributed by atoms with Crippen molar-refractivity contribution in [2.75, 3.05) is 33.4 Å². The number of carbonyl (C=O) groups is 1. The molecule has 35 heavy (non-hydrogen) atoms. The van der Waals surface area contributed by atoms with Crippen LogP contribution >= 0.6 is 0 Å². The number of rotatable bonds is 6. The Morgan fingerprint density at radius 2 is 1.94 bits per heavy atom. The second-order valence-corrected chi connectivity index (χ2v) is 9.21. The molecule has 0 spiro atoms. The van der Waals surface area contributed by atoms with Gasteiger partial charge in [0, 0.05) is 24.9 Å². The van der Waals surface area contributed by atoms with Gasteiger partial charge in [-0.25, -0.2) is 14.0 Å². The van der Waals surface area contributed by atoms with Gasteiger partial charge in [0.15, 0.2) is 17.3 Å². The Hall–Kier alpha value is -3.65. The van der Waals surface area contributed by atoms with Crippen molar-refractivity contribution in [3.8, 4) is 23.3 Å². The number of carbonyl (C=O) groups excluding carboxylic acids is 1. The van der Waals surface area contributed by atoms with Crippen LogP contribution in [0.25, 0.3) is 4.85 Å². The Morgan fingerprint density at radius 3 is 2.57 bits per heavy atom. The molecule has 1 aliphatic carbocycles. The zero-order valence-electron chi connectivity index (χ0n) is 19.4. The molecule has 3 fully saturated rings. The molecular formula is C24H25FN4O6. The van der Waals surface area contributed by atoms with E-state index in [1.807, 2.05) is 6.92 Å². The predicted molar refractivity (Wildman–Crippen MR) is 119 cm³/mol. The zero-order chi connectivity index (χ0) is 24.6. The van der Waals surface area contributed by atoms with E-state index in [1.165, 1.54) is 25.6 Å². The summed E-state index contributed by atoms with van der Waals surface area (Å²) in [5.41, 5.74) is -0.181. The van der Waals surface area contributed by atoms with Gasteiger partial charge in [-0.1, -0.05) is 6.07 Å². The monoisotopic (exact) mass is 484 g/mol. The van der Waals surface area contributed by atoms with E-state index < -0.39 is 5.82 Å². The fourth-order valence-electron chi connectivity index (χ4n) is 4.34. The third-order valence-electron chi connectivity index (χ3n) is 6.49. The smallest absolute Gasteiger partial charge is 0.410 e. The SMILES string of the molecule is [C-]#[N+]c1ccc(Oc2ncnc(OC3C4COCC3CN(C(=O)OC3(C)CC3)C4)c2OC)c(F)c1. The molecule has 3 aliphatic rings. The summed E-state index contributed by atoms with van der Waals surface area (Å²) in [6.07, 6.45) is 2.44. The van der Waals surface area contributed by atoms with Crippen molar-refractivity contribution in [2.45, 2.75) is 31.5 Å². The van der Waals surface area contributed by atoms with Crippen molar-refractivity contribution >= 4 is 11.8 Å². The number of benzene rings is 1. The summed E-state index contributed by atoms with van der Waals surface area (Å²) < 4.78 is 43.1. The van der Waals surface area contributed by atoms with E-state index >= 15 is 0 Å². The molecule has 2 bridgehead atoms. The van der Waals surface area contributed by atoms with Crippen molar-refractivity contribution in [3.05, 3.63) is 41.8 Å². The average Bonchev–Trinajstić information content (AvgIpc) is 3.56. The number of hydrogen-bond donors (Lipinski definition) is 0. The van der Waals surface area contributed by atoms with Crippen LogP contribution in [0.1, 0.15) is 19.8 Å². The molecule has 5 rings (SSSR count). The van der Waals surface area contributed by atoms with Gasteiger partial charge < -0.3 is 28.6 Å². The van der Waals surface area contributed by atoms with E-state index in [9.17, 15) is 9.18 Å². The van der Waals surface area contributed by atoms with E-state index in [4.69, 9.17) is 30.3 Å². The van der Waals surface area contributed by atoms with E-state index in [-0.39, 0.29) is 58.6 Å². The Bertz CT molecular complexity index is 1150. The maximum Gasteiger partial charge on any atom is 0.410 e. The summed E-state index contributed by atoms with van der Waals surface area (Å²) in [5, 5.41) is 0.